The lowest BCUT2D eigenvalue weighted by molar-refractivity contribution is -0.134. The zero-order valence-corrected chi connectivity index (χ0v) is 14.3. The minimum atomic E-state index is 0.0674. The second-order valence-corrected chi connectivity index (χ2v) is 7.94. The second-order valence-electron chi connectivity index (χ2n) is 7.94. The summed E-state index contributed by atoms with van der Waals surface area (Å²) in [5, 5.41) is 6.59. The van der Waals surface area contributed by atoms with Gasteiger partial charge in [-0.3, -0.25) is 9.59 Å². The fourth-order valence-electron chi connectivity index (χ4n) is 3.25. The molecule has 2 saturated heterocycles. The SMILES string of the molecule is CC(C)(C)CC(=O)N1CCC(NCCC2CCC(=O)N2)CC1. The Bertz CT molecular complexity index is 395. The molecule has 0 aromatic carbocycles. The maximum atomic E-state index is 12.2. The third kappa shape index (κ3) is 5.59. The molecule has 1 unspecified atom stereocenters. The van der Waals surface area contributed by atoms with Crippen molar-refractivity contribution in [3.05, 3.63) is 0 Å². The molecule has 2 N–H and O–H groups in total. The van der Waals surface area contributed by atoms with Crippen molar-refractivity contribution in [1.29, 1.82) is 0 Å². The first-order chi connectivity index (χ1) is 10.3. The maximum Gasteiger partial charge on any atom is 0.223 e. The summed E-state index contributed by atoms with van der Waals surface area (Å²) < 4.78 is 0. The summed E-state index contributed by atoms with van der Waals surface area (Å²) in [4.78, 5) is 25.4. The molecule has 22 heavy (non-hydrogen) atoms. The van der Waals surface area contributed by atoms with Gasteiger partial charge < -0.3 is 15.5 Å². The minimum absolute atomic E-state index is 0.0674. The Morgan fingerprint density at radius 2 is 1.95 bits per heavy atom. The van der Waals surface area contributed by atoms with Crippen LogP contribution in [0.25, 0.3) is 0 Å². The second kappa shape index (κ2) is 7.44. The third-order valence-corrected chi connectivity index (χ3v) is 4.54. The number of likely N-dealkylation sites (tertiary alicyclic amines) is 1. The molecule has 2 aliphatic rings. The lowest BCUT2D eigenvalue weighted by atomic mass is 9.91. The van der Waals surface area contributed by atoms with E-state index >= 15 is 0 Å². The van der Waals surface area contributed by atoms with Crippen molar-refractivity contribution in [2.45, 2.75) is 71.4 Å². The lowest BCUT2D eigenvalue weighted by Gasteiger charge is -2.34. The number of rotatable bonds is 5. The molecule has 2 fully saturated rings. The summed E-state index contributed by atoms with van der Waals surface area (Å²) in [7, 11) is 0. The van der Waals surface area contributed by atoms with Gasteiger partial charge in [-0.25, -0.2) is 0 Å². The molecule has 2 heterocycles. The monoisotopic (exact) mass is 309 g/mol. The van der Waals surface area contributed by atoms with Gasteiger partial charge in [0.05, 0.1) is 0 Å². The number of nitrogens with one attached hydrogen (secondary N) is 2. The Morgan fingerprint density at radius 1 is 1.27 bits per heavy atom. The highest BCUT2D eigenvalue weighted by molar-refractivity contribution is 5.78. The number of nitrogens with zero attached hydrogens (tertiary/aromatic N) is 1. The summed E-state index contributed by atoms with van der Waals surface area (Å²) in [5.41, 5.74) is 0.0674. The van der Waals surface area contributed by atoms with Crippen molar-refractivity contribution in [2.75, 3.05) is 19.6 Å². The Kier molecular flexibility index (Phi) is 5.84. The normalized spacial score (nSPS) is 23.7. The first-order valence-electron chi connectivity index (χ1n) is 8.64. The molecule has 0 bridgehead atoms. The van der Waals surface area contributed by atoms with Crippen molar-refractivity contribution in [3.8, 4) is 0 Å². The fraction of sp³-hybridized carbons (Fsp3) is 0.882. The topological polar surface area (TPSA) is 61.4 Å². The molecule has 0 aliphatic carbocycles. The van der Waals surface area contributed by atoms with E-state index in [4.69, 9.17) is 0 Å². The first-order valence-corrected chi connectivity index (χ1v) is 8.64. The quantitative estimate of drug-likeness (QED) is 0.812. The standard InChI is InChI=1S/C17H31N3O2/c1-17(2,3)12-16(22)20-10-7-13(8-11-20)18-9-6-14-4-5-15(21)19-14/h13-14,18H,4-12H2,1-3H3,(H,19,21). The van der Waals surface area contributed by atoms with E-state index in [-0.39, 0.29) is 11.3 Å². The Balaban J connectivity index is 1.61. The Morgan fingerprint density at radius 3 is 2.50 bits per heavy atom. The molecule has 1 atom stereocenters. The van der Waals surface area contributed by atoms with Crippen LogP contribution in [0.15, 0.2) is 0 Å². The molecule has 2 aliphatic heterocycles. The number of hydrogen-bond acceptors (Lipinski definition) is 3. The number of carbonyl (C=O) groups is 2. The van der Waals surface area contributed by atoms with E-state index in [1.54, 1.807) is 0 Å². The molecule has 0 saturated carbocycles. The van der Waals surface area contributed by atoms with Crippen molar-refractivity contribution >= 4 is 11.8 Å². The van der Waals surface area contributed by atoms with Gasteiger partial charge in [0.25, 0.3) is 0 Å². The molecule has 0 spiro atoms. The summed E-state index contributed by atoms with van der Waals surface area (Å²) in [6.45, 7) is 9.02. The number of amides is 2. The predicted molar refractivity (Wildman–Crippen MR) is 87.5 cm³/mol. The molecule has 0 aromatic heterocycles. The van der Waals surface area contributed by atoms with Gasteiger partial charge in [0, 0.05) is 38.0 Å². The smallest absolute Gasteiger partial charge is 0.223 e. The van der Waals surface area contributed by atoms with Gasteiger partial charge in [-0.1, -0.05) is 20.8 Å². The molecular formula is C17H31N3O2. The van der Waals surface area contributed by atoms with Crippen LogP contribution in [0.2, 0.25) is 0 Å². The van der Waals surface area contributed by atoms with Crippen LogP contribution in [0.4, 0.5) is 0 Å². The lowest BCUT2D eigenvalue weighted by Crippen LogP contribution is -2.46. The van der Waals surface area contributed by atoms with Crippen LogP contribution in [0.1, 0.15) is 59.3 Å². The summed E-state index contributed by atoms with van der Waals surface area (Å²) in [6, 6.07) is 0.865. The number of carbonyl (C=O) groups excluding carboxylic acids is 2. The fourth-order valence-corrected chi connectivity index (χ4v) is 3.25. The Hall–Kier alpha value is -1.10. The van der Waals surface area contributed by atoms with Gasteiger partial charge in [0.15, 0.2) is 0 Å². The molecule has 2 rings (SSSR count). The number of hydrogen-bond donors (Lipinski definition) is 2. The first kappa shape index (κ1) is 17.3. The van der Waals surface area contributed by atoms with Crippen LogP contribution in [0.5, 0.6) is 0 Å². The van der Waals surface area contributed by atoms with Crippen LogP contribution in [0.3, 0.4) is 0 Å². The largest absolute Gasteiger partial charge is 0.353 e. The van der Waals surface area contributed by atoms with E-state index in [0.717, 1.165) is 45.3 Å². The van der Waals surface area contributed by atoms with Crippen LogP contribution < -0.4 is 10.6 Å². The highest BCUT2D eigenvalue weighted by Gasteiger charge is 2.26. The van der Waals surface area contributed by atoms with Gasteiger partial charge in [-0.15, -0.1) is 0 Å². The Labute approximate surface area is 134 Å². The zero-order chi connectivity index (χ0) is 16.2. The van der Waals surface area contributed by atoms with Crippen molar-refractivity contribution in [3.63, 3.8) is 0 Å². The van der Waals surface area contributed by atoms with Crippen molar-refractivity contribution in [2.24, 2.45) is 5.41 Å². The summed E-state index contributed by atoms with van der Waals surface area (Å²) in [5.74, 6) is 0.482. The van der Waals surface area contributed by atoms with E-state index in [1.165, 1.54) is 0 Å². The van der Waals surface area contributed by atoms with Crippen molar-refractivity contribution < 1.29 is 9.59 Å². The van der Waals surface area contributed by atoms with E-state index in [2.05, 4.69) is 31.4 Å². The number of piperidine rings is 1. The van der Waals surface area contributed by atoms with Gasteiger partial charge in [0.1, 0.15) is 0 Å². The molecule has 0 aromatic rings. The summed E-state index contributed by atoms with van der Waals surface area (Å²) in [6.07, 6.45) is 5.36. The molecule has 5 nitrogen and oxygen atoms in total. The van der Waals surface area contributed by atoms with Gasteiger partial charge in [0.2, 0.25) is 11.8 Å². The van der Waals surface area contributed by atoms with Crippen molar-refractivity contribution in [1.82, 2.24) is 15.5 Å². The molecule has 0 radical (unpaired) electrons. The molecular weight excluding hydrogens is 278 g/mol. The average Bonchev–Trinajstić information content (AvgIpc) is 2.83. The highest BCUT2D eigenvalue weighted by atomic mass is 16.2. The summed E-state index contributed by atoms with van der Waals surface area (Å²) >= 11 is 0. The zero-order valence-electron chi connectivity index (χ0n) is 14.3. The highest BCUT2D eigenvalue weighted by Crippen LogP contribution is 2.21. The van der Waals surface area contributed by atoms with Gasteiger partial charge in [-0.05, 0) is 37.6 Å². The molecule has 2 amide bonds. The van der Waals surface area contributed by atoms with E-state index in [0.29, 0.717) is 30.8 Å². The van der Waals surface area contributed by atoms with Crippen LogP contribution >= 0.6 is 0 Å². The van der Waals surface area contributed by atoms with E-state index in [9.17, 15) is 9.59 Å². The maximum absolute atomic E-state index is 12.2. The van der Waals surface area contributed by atoms with Gasteiger partial charge >= 0.3 is 0 Å². The predicted octanol–water partition coefficient (Wildman–Crippen LogP) is 1.67. The van der Waals surface area contributed by atoms with Crippen LogP contribution in [-0.4, -0.2) is 48.4 Å². The van der Waals surface area contributed by atoms with E-state index < -0.39 is 0 Å². The van der Waals surface area contributed by atoms with E-state index in [1.807, 2.05) is 4.90 Å². The minimum Gasteiger partial charge on any atom is -0.353 e. The van der Waals surface area contributed by atoms with Crippen LogP contribution in [-0.2, 0) is 9.59 Å². The molecule has 5 heteroatoms. The third-order valence-electron chi connectivity index (χ3n) is 4.54. The van der Waals surface area contributed by atoms with Crippen LogP contribution in [0, 0.1) is 5.41 Å². The van der Waals surface area contributed by atoms with Gasteiger partial charge in [-0.2, -0.15) is 0 Å². The molecule has 126 valence electrons. The average molecular weight is 309 g/mol.